The minimum Gasteiger partial charge on any atom is -0.489 e. The Labute approximate surface area is 105 Å². The van der Waals surface area contributed by atoms with Crippen LogP contribution >= 0.6 is 0 Å². The third kappa shape index (κ3) is 3.20. The van der Waals surface area contributed by atoms with Crippen molar-refractivity contribution in [2.45, 2.75) is 37.7 Å². The summed E-state index contributed by atoms with van der Waals surface area (Å²) >= 11 is 0. The van der Waals surface area contributed by atoms with Crippen LogP contribution in [0.3, 0.4) is 0 Å². The van der Waals surface area contributed by atoms with E-state index in [1.165, 1.54) is 12.3 Å². The second-order valence-corrected chi connectivity index (χ2v) is 4.76. The van der Waals surface area contributed by atoms with Crippen molar-refractivity contribution in [2.75, 3.05) is 6.61 Å². The lowest BCUT2D eigenvalue weighted by atomic mass is 9.86. The Morgan fingerprint density at radius 1 is 1.33 bits per heavy atom. The normalized spacial score (nSPS) is 18.3. The first-order valence-corrected chi connectivity index (χ1v) is 6.14. The predicted molar refractivity (Wildman–Crippen MR) is 64.7 cm³/mol. The van der Waals surface area contributed by atoms with Crippen molar-refractivity contribution in [1.29, 1.82) is 0 Å². The number of carboxylic acids is 1. The van der Waals surface area contributed by atoms with Crippen molar-refractivity contribution in [3.05, 3.63) is 24.0 Å². The largest absolute Gasteiger partial charge is 0.489 e. The number of aromatic carboxylic acids is 1. The number of hydrogen-bond acceptors (Lipinski definition) is 4. The fourth-order valence-electron chi connectivity index (χ4n) is 2.16. The molecule has 1 aromatic rings. The Kier molecular flexibility index (Phi) is 3.81. The Balaban J connectivity index is 1.91. The number of hydrogen-bond donors (Lipinski definition) is 2. The molecular weight excluding hydrogens is 234 g/mol. The minimum absolute atomic E-state index is 0.0151. The number of carbonyl (C=O) groups is 1. The predicted octanol–water partition coefficient (Wildman–Crippen LogP) is 1.85. The van der Waals surface area contributed by atoms with Crippen molar-refractivity contribution >= 4 is 5.97 Å². The standard InChI is InChI=1S/C13H17NO4/c15-12(16)11-5-4-10(8-14-11)18-9-13(17)6-2-1-3-7-13/h4-5,8,17H,1-3,6-7,9H2,(H,15,16). The van der Waals surface area contributed by atoms with E-state index in [1.54, 1.807) is 6.07 Å². The summed E-state index contributed by atoms with van der Waals surface area (Å²) < 4.78 is 5.48. The molecule has 1 saturated carbocycles. The number of carboxylic acid groups (broad SMARTS) is 1. The molecule has 0 radical (unpaired) electrons. The zero-order valence-corrected chi connectivity index (χ0v) is 10.1. The first-order chi connectivity index (χ1) is 8.59. The van der Waals surface area contributed by atoms with Gasteiger partial charge in [0.15, 0.2) is 0 Å². The van der Waals surface area contributed by atoms with E-state index in [4.69, 9.17) is 9.84 Å². The number of rotatable bonds is 4. The van der Waals surface area contributed by atoms with Gasteiger partial charge in [-0.05, 0) is 25.0 Å². The van der Waals surface area contributed by atoms with Gasteiger partial charge in [-0.25, -0.2) is 9.78 Å². The van der Waals surface area contributed by atoms with Gasteiger partial charge in [-0.1, -0.05) is 19.3 Å². The molecule has 1 aromatic heterocycles. The number of pyridine rings is 1. The highest BCUT2D eigenvalue weighted by Crippen LogP contribution is 2.28. The lowest BCUT2D eigenvalue weighted by Crippen LogP contribution is -2.37. The molecule has 0 aromatic carbocycles. The van der Waals surface area contributed by atoms with Gasteiger partial charge in [0, 0.05) is 0 Å². The lowest BCUT2D eigenvalue weighted by Gasteiger charge is -2.31. The molecule has 2 N–H and O–H groups in total. The molecule has 0 saturated heterocycles. The van der Waals surface area contributed by atoms with Gasteiger partial charge in [-0.2, -0.15) is 0 Å². The van der Waals surface area contributed by atoms with Crippen LogP contribution in [0.25, 0.3) is 0 Å². The molecule has 0 unspecified atom stereocenters. The van der Waals surface area contributed by atoms with E-state index in [1.807, 2.05) is 0 Å². The Morgan fingerprint density at radius 3 is 2.61 bits per heavy atom. The van der Waals surface area contributed by atoms with Crippen molar-refractivity contribution in [1.82, 2.24) is 4.98 Å². The molecule has 98 valence electrons. The highest BCUT2D eigenvalue weighted by Gasteiger charge is 2.29. The van der Waals surface area contributed by atoms with E-state index in [9.17, 15) is 9.90 Å². The first kappa shape index (κ1) is 12.8. The summed E-state index contributed by atoms with van der Waals surface area (Å²) in [4.78, 5) is 14.4. The Hall–Kier alpha value is -1.62. The summed E-state index contributed by atoms with van der Waals surface area (Å²) in [5.74, 6) is -0.577. The van der Waals surface area contributed by atoms with Crippen LogP contribution < -0.4 is 4.74 Å². The molecule has 1 heterocycles. The van der Waals surface area contributed by atoms with E-state index < -0.39 is 11.6 Å². The molecular formula is C13H17NO4. The molecule has 18 heavy (non-hydrogen) atoms. The van der Waals surface area contributed by atoms with Crippen LogP contribution in [0.2, 0.25) is 0 Å². The molecule has 0 bridgehead atoms. The second kappa shape index (κ2) is 5.35. The van der Waals surface area contributed by atoms with Gasteiger partial charge >= 0.3 is 5.97 Å². The van der Waals surface area contributed by atoms with E-state index in [2.05, 4.69) is 4.98 Å². The average molecular weight is 251 g/mol. The van der Waals surface area contributed by atoms with Crippen LogP contribution in [0.1, 0.15) is 42.6 Å². The van der Waals surface area contributed by atoms with Gasteiger partial charge in [0.25, 0.3) is 0 Å². The third-order valence-electron chi connectivity index (χ3n) is 3.25. The maximum atomic E-state index is 10.6. The Bertz CT molecular complexity index is 410. The molecule has 1 aliphatic carbocycles. The van der Waals surface area contributed by atoms with E-state index in [0.29, 0.717) is 5.75 Å². The Morgan fingerprint density at radius 2 is 2.06 bits per heavy atom. The van der Waals surface area contributed by atoms with Gasteiger partial charge in [0.1, 0.15) is 18.1 Å². The summed E-state index contributed by atoms with van der Waals surface area (Å²) in [7, 11) is 0. The molecule has 1 fully saturated rings. The smallest absolute Gasteiger partial charge is 0.354 e. The summed E-state index contributed by atoms with van der Waals surface area (Å²) in [6.45, 7) is 0.237. The molecule has 0 spiro atoms. The molecule has 0 aliphatic heterocycles. The summed E-state index contributed by atoms with van der Waals surface area (Å²) in [6.07, 6.45) is 6.10. The maximum Gasteiger partial charge on any atom is 0.354 e. The number of nitrogens with zero attached hydrogens (tertiary/aromatic N) is 1. The van der Waals surface area contributed by atoms with E-state index in [0.717, 1.165) is 32.1 Å². The molecule has 0 atom stereocenters. The zero-order valence-electron chi connectivity index (χ0n) is 10.1. The molecule has 5 nitrogen and oxygen atoms in total. The van der Waals surface area contributed by atoms with Crippen LogP contribution in [0.15, 0.2) is 18.3 Å². The number of aromatic nitrogens is 1. The maximum absolute atomic E-state index is 10.6. The molecule has 2 rings (SSSR count). The van der Waals surface area contributed by atoms with Crippen molar-refractivity contribution < 1.29 is 19.7 Å². The van der Waals surface area contributed by atoms with Gasteiger partial charge < -0.3 is 14.9 Å². The van der Waals surface area contributed by atoms with E-state index >= 15 is 0 Å². The fraction of sp³-hybridized carbons (Fsp3) is 0.538. The zero-order chi connectivity index (χ0) is 13.0. The van der Waals surface area contributed by atoms with Crippen LogP contribution in [-0.4, -0.2) is 33.4 Å². The van der Waals surface area contributed by atoms with Gasteiger partial charge in [0.05, 0.1) is 11.8 Å². The van der Waals surface area contributed by atoms with Crippen LogP contribution in [0.4, 0.5) is 0 Å². The topological polar surface area (TPSA) is 79.7 Å². The summed E-state index contributed by atoms with van der Waals surface area (Å²) in [5, 5.41) is 18.9. The third-order valence-corrected chi connectivity index (χ3v) is 3.25. The molecule has 5 heteroatoms. The lowest BCUT2D eigenvalue weighted by molar-refractivity contribution is -0.0339. The molecule has 1 aliphatic rings. The van der Waals surface area contributed by atoms with Gasteiger partial charge in [-0.3, -0.25) is 0 Å². The number of ether oxygens (including phenoxy) is 1. The first-order valence-electron chi connectivity index (χ1n) is 6.14. The quantitative estimate of drug-likeness (QED) is 0.853. The van der Waals surface area contributed by atoms with Crippen LogP contribution in [-0.2, 0) is 0 Å². The van der Waals surface area contributed by atoms with Crippen LogP contribution in [0.5, 0.6) is 5.75 Å². The summed E-state index contributed by atoms with van der Waals surface area (Å²) in [6, 6.07) is 2.95. The highest BCUT2D eigenvalue weighted by atomic mass is 16.5. The van der Waals surface area contributed by atoms with E-state index in [-0.39, 0.29) is 12.3 Å². The second-order valence-electron chi connectivity index (χ2n) is 4.76. The highest BCUT2D eigenvalue weighted by molar-refractivity contribution is 5.85. The van der Waals surface area contributed by atoms with Crippen molar-refractivity contribution in [2.24, 2.45) is 0 Å². The minimum atomic E-state index is -1.06. The monoisotopic (exact) mass is 251 g/mol. The molecule has 0 amide bonds. The summed E-state index contributed by atoms with van der Waals surface area (Å²) in [5.41, 5.74) is -0.761. The fourth-order valence-corrected chi connectivity index (χ4v) is 2.16. The van der Waals surface area contributed by atoms with Gasteiger partial charge in [-0.15, -0.1) is 0 Å². The average Bonchev–Trinajstić information content (AvgIpc) is 2.38. The van der Waals surface area contributed by atoms with Crippen LogP contribution in [0, 0.1) is 0 Å². The van der Waals surface area contributed by atoms with Crippen molar-refractivity contribution in [3.63, 3.8) is 0 Å². The van der Waals surface area contributed by atoms with Crippen molar-refractivity contribution in [3.8, 4) is 5.75 Å². The SMILES string of the molecule is O=C(O)c1ccc(OCC2(O)CCCCC2)cn1. The van der Waals surface area contributed by atoms with Gasteiger partial charge in [0.2, 0.25) is 0 Å². The number of aliphatic hydroxyl groups is 1.